The van der Waals surface area contributed by atoms with Gasteiger partial charge in [-0.15, -0.1) is 0 Å². The zero-order valence-corrected chi connectivity index (χ0v) is 21.4. The van der Waals surface area contributed by atoms with Gasteiger partial charge in [0.1, 0.15) is 29.7 Å². The molecule has 1 aromatic heterocycles. The van der Waals surface area contributed by atoms with E-state index in [2.05, 4.69) is 5.10 Å². The molecule has 1 N–H and O–H groups in total. The molecule has 4 aromatic rings. The SMILES string of the molecule is CN(Cc1ccc(C(=O)O)cc1)Cc1cc(F)cc(F)c1.Cn1nc(C=O)c2c1-c1cc(Cl)ccc1OC2. The molecule has 7 nitrogen and oxygen atoms in total. The first-order chi connectivity index (χ1) is 18.1. The second kappa shape index (κ2) is 11.5. The van der Waals surface area contributed by atoms with Crippen LogP contribution >= 0.6 is 11.6 Å². The first-order valence-corrected chi connectivity index (χ1v) is 11.9. The Hall–Kier alpha value is -4.08. The van der Waals surface area contributed by atoms with Gasteiger partial charge in [0.05, 0.1) is 11.3 Å². The van der Waals surface area contributed by atoms with Crippen molar-refractivity contribution in [2.24, 2.45) is 7.05 Å². The summed E-state index contributed by atoms with van der Waals surface area (Å²) in [6.07, 6.45) is 0.748. The summed E-state index contributed by atoms with van der Waals surface area (Å²) in [6.45, 7) is 1.32. The van der Waals surface area contributed by atoms with E-state index in [0.717, 1.165) is 40.5 Å². The maximum Gasteiger partial charge on any atom is 0.335 e. The molecule has 0 bridgehead atoms. The summed E-state index contributed by atoms with van der Waals surface area (Å²) in [5, 5.41) is 13.6. The first kappa shape index (κ1) is 27.0. The minimum Gasteiger partial charge on any atom is -0.488 e. The Morgan fingerprint density at radius 2 is 1.74 bits per heavy atom. The monoisotopic (exact) mass is 539 g/mol. The molecule has 0 spiro atoms. The van der Waals surface area contributed by atoms with E-state index < -0.39 is 17.6 Å². The third-order valence-corrected chi connectivity index (χ3v) is 6.12. The fourth-order valence-corrected chi connectivity index (χ4v) is 4.43. The molecule has 196 valence electrons. The molecule has 3 aromatic carbocycles. The second-order valence-electron chi connectivity index (χ2n) is 8.84. The van der Waals surface area contributed by atoms with Crippen LogP contribution in [0.4, 0.5) is 8.78 Å². The molecule has 0 radical (unpaired) electrons. The summed E-state index contributed by atoms with van der Waals surface area (Å²) in [7, 11) is 3.63. The second-order valence-corrected chi connectivity index (χ2v) is 9.27. The Morgan fingerprint density at radius 1 is 1.08 bits per heavy atom. The van der Waals surface area contributed by atoms with Crippen LogP contribution in [0.1, 0.15) is 37.5 Å². The predicted molar refractivity (Wildman–Crippen MR) is 138 cm³/mol. The quantitative estimate of drug-likeness (QED) is 0.315. The van der Waals surface area contributed by atoms with Crippen LogP contribution in [0.15, 0.2) is 60.7 Å². The molecule has 0 aliphatic carbocycles. The number of ether oxygens (including phenoxy) is 1. The number of carbonyl (C=O) groups excluding carboxylic acids is 1. The molecule has 10 heteroatoms. The van der Waals surface area contributed by atoms with Gasteiger partial charge in [-0.05, 0) is 60.6 Å². The minimum atomic E-state index is -0.967. The average molecular weight is 540 g/mol. The average Bonchev–Trinajstić information content (AvgIpc) is 3.20. The Bertz CT molecular complexity index is 1470. The standard InChI is InChI=1S/C16H15F2NO2.C12H9ClN2O2/c1-19(10-12-6-14(17)8-15(18)7-12)9-11-2-4-13(5-3-11)16(20)21;1-15-12-8-4-7(13)2-3-11(8)17-6-9(12)10(5-16)14-15/h2-8H,9-10H2,1H3,(H,20,21);2-5H,6H2,1H3. The molecule has 0 saturated carbocycles. The number of hydrogen-bond acceptors (Lipinski definition) is 5. The molecule has 0 unspecified atom stereocenters. The molecule has 2 heterocycles. The molecule has 0 atom stereocenters. The molecule has 0 fully saturated rings. The van der Waals surface area contributed by atoms with E-state index >= 15 is 0 Å². The van der Waals surface area contributed by atoms with E-state index in [-0.39, 0.29) is 5.56 Å². The van der Waals surface area contributed by atoms with Crippen molar-refractivity contribution in [3.05, 3.63) is 105 Å². The van der Waals surface area contributed by atoms with Crippen molar-refractivity contribution in [2.75, 3.05) is 7.05 Å². The third-order valence-electron chi connectivity index (χ3n) is 5.88. The number of carboxylic acids is 1. The summed E-state index contributed by atoms with van der Waals surface area (Å²) in [4.78, 5) is 23.6. The lowest BCUT2D eigenvalue weighted by Crippen LogP contribution is -2.17. The van der Waals surface area contributed by atoms with E-state index in [1.807, 2.05) is 31.1 Å². The van der Waals surface area contributed by atoms with E-state index in [1.165, 1.54) is 24.3 Å². The maximum absolute atomic E-state index is 13.1. The van der Waals surface area contributed by atoms with Crippen LogP contribution in [0.5, 0.6) is 5.75 Å². The van der Waals surface area contributed by atoms with Crippen LogP contribution < -0.4 is 4.74 Å². The zero-order chi connectivity index (χ0) is 27.4. The topological polar surface area (TPSA) is 84.7 Å². The van der Waals surface area contributed by atoms with Crippen molar-refractivity contribution in [1.82, 2.24) is 14.7 Å². The lowest BCUT2D eigenvalue weighted by atomic mass is 10.0. The molecule has 5 rings (SSSR count). The van der Waals surface area contributed by atoms with Crippen LogP contribution in [0.3, 0.4) is 0 Å². The number of benzene rings is 3. The molecule has 0 saturated heterocycles. The van der Waals surface area contributed by atoms with Crippen LogP contribution in [0.25, 0.3) is 11.3 Å². The molecular weight excluding hydrogens is 516 g/mol. The maximum atomic E-state index is 13.1. The normalized spacial score (nSPS) is 11.6. The molecular formula is C28H24ClF2N3O4. The number of aldehydes is 1. The summed E-state index contributed by atoms with van der Waals surface area (Å²) in [5.41, 5.74) is 4.73. The number of aryl methyl sites for hydroxylation is 1. The number of hydrogen-bond donors (Lipinski definition) is 1. The molecule has 38 heavy (non-hydrogen) atoms. The zero-order valence-electron chi connectivity index (χ0n) is 20.6. The summed E-state index contributed by atoms with van der Waals surface area (Å²) in [6, 6.07) is 15.4. The highest BCUT2D eigenvalue weighted by molar-refractivity contribution is 6.31. The molecule has 1 aliphatic rings. The number of aromatic carboxylic acids is 1. The van der Waals surface area contributed by atoms with Gasteiger partial charge in [0, 0.05) is 42.4 Å². The van der Waals surface area contributed by atoms with Crippen LogP contribution in [-0.2, 0) is 26.7 Å². The van der Waals surface area contributed by atoms with Gasteiger partial charge in [0.25, 0.3) is 0 Å². The number of fused-ring (bicyclic) bond motifs is 3. The number of rotatable bonds is 6. The summed E-state index contributed by atoms with van der Waals surface area (Å²) >= 11 is 5.98. The lowest BCUT2D eigenvalue weighted by molar-refractivity contribution is 0.0696. The fraction of sp³-hybridized carbons (Fsp3) is 0.179. The van der Waals surface area contributed by atoms with Crippen LogP contribution in [0.2, 0.25) is 5.02 Å². The van der Waals surface area contributed by atoms with E-state index in [0.29, 0.717) is 36.0 Å². The van der Waals surface area contributed by atoms with Crippen LogP contribution in [-0.4, -0.2) is 39.1 Å². The Balaban J connectivity index is 0.000000180. The number of carboxylic acid groups (broad SMARTS) is 1. The van der Waals surface area contributed by atoms with E-state index in [9.17, 15) is 18.4 Å². The van der Waals surface area contributed by atoms with Gasteiger partial charge in [-0.3, -0.25) is 14.4 Å². The van der Waals surface area contributed by atoms with Gasteiger partial charge in [0.15, 0.2) is 6.29 Å². The minimum absolute atomic E-state index is 0.230. The Morgan fingerprint density at radius 3 is 2.37 bits per heavy atom. The lowest BCUT2D eigenvalue weighted by Gasteiger charge is -2.18. The van der Waals surface area contributed by atoms with Crippen molar-refractivity contribution in [1.29, 1.82) is 0 Å². The summed E-state index contributed by atoms with van der Waals surface area (Å²) in [5.74, 6) is -1.39. The van der Waals surface area contributed by atoms with Crippen molar-refractivity contribution < 1.29 is 28.2 Å². The molecule has 0 amide bonds. The fourth-order valence-electron chi connectivity index (χ4n) is 4.26. The predicted octanol–water partition coefficient (Wildman–Crippen LogP) is 5.74. The highest BCUT2D eigenvalue weighted by atomic mass is 35.5. The van der Waals surface area contributed by atoms with Gasteiger partial charge < -0.3 is 9.84 Å². The molecule has 1 aliphatic heterocycles. The number of halogens is 3. The van der Waals surface area contributed by atoms with Gasteiger partial charge in [-0.1, -0.05) is 23.7 Å². The largest absolute Gasteiger partial charge is 0.488 e. The third kappa shape index (κ3) is 6.24. The van der Waals surface area contributed by atoms with E-state index in [4.69, 9.17) is 21.4 Å². The highest BCUT2D eigenvalue weighted by Gasteiger charge is 2.25. The van der Waals surface area contributed by atoms with Gasteiger partial charge in [0.2, 0.25) is 0 Å². The van der Waals surface area contributed by atoms with Crippen molar-refractivity contribution >= 4 is 23.9 Å². The highest BCUT2D eigenvalue weighted by Crippen LogP contribution is 2.39. The number of nitrogens with zero attached hydrogens (tertiary/aromatic N) is 3. The number of carbonyl (C=O) groups is 2. The smallest absolute Gasteiger partial charge is 0.335 e. The first-order valence-electron chi connectivity index (χ1n) is 11.5. The van der Waals surface area contributed by atoms with Gasteiger partial charge >= 0.3 is 5.97 Å². The van der Waals surface area contributed by atoms with Gasteiger partial charge in [-0.25, -0.2) is 13.6 Å². The number of aromatic nitrogens is 2. The van der Waals surface area contributed by atoms with Crippen molar-refractivity contribution in [3.8, 4) is 17.0 Å². The van der Waals surface area contributed by atoms with Crippen LogP contribution in [0, 0.1) is 11.6 Å². The Labute approximate surface area is 222 Å². The van der Waals surface area contributed by atoms with Gasteiger partial charge in [-0.2, -0.15) is 5.10 Å². The van der Waals surface area contributed by atoms with E-state index in [1.54, 1.807) is 22.9 Å². The van der Waals surface area contributed by atoms with Crippen molar-refractivity contribution in [3.63, 3.8) is 0 Å². The van der Waals surface area contributed by atoms with Crippen molar-refractivity contribution in [2.45, 2.75) is 19.7 Å². The Kier molecular flexibility index (Phi) is 8.19. The summed E-state index contributed by atoms with van der Waals surface area (Å²) < 4.78 is 33.5.